The van der Waals surface area contributed by atoms with E-state index in [1.807, 2.05) is 34.9 Å². The molecule has 0 saturated carbocycles. The zero-order valence-corrected chi connectivity index (χ0v) is 11.5. The first kappa shape index (κ1) is 13.2. The lowest BCUT2D eigenvalue weighted by Gasteiger charge is -2.02. The van der Waals surface area contributed by atoms with Gasteiger partial charge in [0.15, 0.2) is 0 Å². The van der Waals surface area contributed by atoms with Crippen LogP contribution < -0.4 is 4.74 Å². The van der Waals surface area contributed by atoms with Crippen molar-refractivity contribution < 1.29 is 14.6 Å². The summed E-state index contributed by atoms with van der Waals surface area (Å²) in [6.07, 6.45) is 4.28. The molecule has 0 radical (unpaired) electrons. The van der Waals surface area contributed by atoms with Gasteiger partial charge in [0.1, 0.15) is 11.4 Å². The zero-order valence-electron chi connectivity index (χ0n) is 11.5. The number of pyridine rings is 1. The molecule has 0 unspecified atom stereocenters. The number of carboxylic acid groups (broad SMARTS) is 1. The second kappa shape index (κ2) is 5.28. The fraction of sp³-hybridized carbons (Fsp3) is 0.125. The van der Waals surface area contributed by atoms with Crippen LogP contribution in [0, 0.1) is 0 Å². The Morgan fingerprint density at radius 3 is 2.95 bits per heavy atom. The van der Waals surface area contributed by atoms with Crippen LogP contribution in [-0.4, -0.2) is 27.6 Å². The Morgan fingerprint density at radius 1 is 1.33 bits per heavy atom. The molecule has 0 saturated heterocycles. The Balaban J connectivity index is 1.92. The first-order valence-corrected chi connectivity index (χ1v) is 6.49. The van der Waals surface area contributed by atoms with Gasteiger partial charge in [-0.3, -0.25) is 0 Å². The summed E-state index contributed by atoms with van der Waals surface area (Å²) < 4.78 is 7.02. The van der Waals surface area contributed by atoms with Crippen molar-refractivity contribution in [2.45, 2.75) is 6.42 Å². The van der Waals surface area contributed by atoms with Crippen molar-refractivity contribution in [3.63, 3.8) is 0 Å². The van der Waals surface area contributed by atoms with Crippen molar-refractivity contribution in [2.75, 3.05) is 7.11 Å². The molecule has 0 fully saturated rings. The van der Waals surface area contributed by atoms with Crippen molar-refractivity contribution in [3.8, 4) is 5.75 Å². The lowest BCUT2D eigenvalue weighted by atomic mass is 10.1. The van der Waals surface area contributed by atoms with Crippen LogP contribution >= 0.6 is 0 Å². The third-order valence-electron chi connectivity index (χ3n) is 3.28. The van der Waals surface area contributed by atoms with Gasteiger partial charge in [-0.1, -0.05) is 12.1 Å². The van der Waals surface area contributed by atoms with Crippen molar-refractivity contribution in [1.29, 1.82) is 0 Å². The number of ether oxygens (including phenoxy) is 1. The predicted octanol–water partition coefficient (Wildman–Crippen LogP) is 2.63. The topological polar surface area (TPSA) is 63.8 Å². The summed E-state index contributed by atoms with van der Waals surface area (Å²) in [5, 5.41) is 8.99. The van der Waals surface area contributed by atoms with Gasteiger partial charge in [-0.05, 0) is 29.8 Å². The van der Waals surface area contributed by atoms with Gasteiger partial charge >= 0.3 is 5.97 Å². The Morgan fingerprint density at radius 2 is 2.19 bits per heavy atom. The number of hydrogen-bond donors (Lipinski definition) is 1. The van der Waals surface area contributed by atoms with E-state index in [9.17, 15) is 4.79 Å². The fourth-order valence-corrected chi connectivity index (χ4v) is 2.24. The molecule has 2 aromatic heterocycles. The zero-order chi connectivity index (χ0) is 14.8. The molecule has 3 aromatic rings. The van der Waals surface area contributed by atoms with Crippen LogP contribution in [0.2, 0.25) is 0 Å². The van der Waals surface area contributed by atoms with Gasteiger partial charge in [-0.25, -0.2) is 9.78 Å². The van der Waals surface area contributed by atoms with Gasteiger partial charge in [0.25, 0.3) is 0 Å². The molecule has 3 rings (SSSR count). The largest absolute Gasteiger partial charge is 0.497 e. The maximum absolute atomic E-state index is 11.0. The van der Waals surface area contributed by atoms with E-state index in [1.54, 1.807) is 25.4 Å². The molecular formula is C16H14N2O3. The van der Waals surface area contributed by atoms with E-state index in [1.165, 1.54) is 0 Å². The Bertz CT molecular complexity index is 808. The molecule has 0 aliphatic rings. The highest BCUT2D eigenvalue weighted by Crippen LogP contribution is 2.16. The summed E-state index contributed by atoms with van der Waals surface area (Å²) in [6.45, 7) is 0. The monoisotopic (exact) mass is 282 g/mol. The van der Waals surface area contributed by atoms with Crippen LogP contribution in [0.3, 0.4) is 0 Å². The first-order valence-electron chi connectivity index (χ1n) is 6.49. The van der Waals surface area contributed by atoms with E-state index in [2.05, 4.69) is 4.98 Å². The molecule has 0 spiro atoms. The molecule has 5 heteroatoms. The normalized spacial score (nSPS) is 10.7. The Labute approximate surface area is 121 Å². The molecule has 0 bridgehead atoms. The number of benzene rings is 1. The molecule has 21 heavy (non-hydrogen) atoms. The summed E-state index contributed by atoms with van der Waals surface area (Å²) in [4.78, 5) is 15.4. The van der Waals surface area contributed by atoms with Gasteiger partial charge in [-0.2, -0.15) is 0 Å². The molecule has 106 valence electrons. The number of nitrogens with zero attached hydrogens (tertiary/aromatic N) is 2. The van der Waals surface area contributed by atoms with Crippen molar-refractivity contribution in [2.24, 2.45) is 0 Å². The average Bonchev–Trinajstić information content (AvgIpc) is 2.88. The van der Waals surface area contributed by atoms with Crippen LogP contribution in [0.1, 0.15) is 21.6 Å². The standard InChI is InChI=1S/C16H14N2O3/c1-21-14-4-2-3-11(8-14)7-13-10-18-6-5-12(16(19)20)9-15(18)17-13/h2-6,8-10H,7H2,1H3,(H,19,20). The SMILES string of the molecule is COc1cccc(Cc2cn3ccc(C(=O)O)cc3n2)c1. The Hall–Kier alpha value is -2.82. The number of aromatic nitrogens is 2. The minimum Gasteiger partial charge on any atom is -0.497 e. The van der Waals surface area contributed by atoms with Crippen molar-refractivity contribution in [1.82, 2.24) is 9.38 Å². The van der Waals surface area contributed by atoms with Gasteiger partial charge < -0.3 is 14.2 Å². The summed E-state index contributed by atoms with van der Waals surface area (Å²) in [5.74, 6) is -0.140. The third-order valence-corrected chi connectivity index (χ3v) is 3.28. The average molecular weight is 282 g/mol. The maximum Gasteiger partial charge on any atom is 0.335 e. The fourth-order valence-electron chi connectivity index (χ4n) is 2.24. The van der Waals surface area contributed by atoms with E-state index in [-0.39, 0.29) is 5.56 Å². The third kappa shape index (κ3) is 2.72. The Kier molecular flexibility index (Phi) is 3.31. The summed E-state index contributed by atoms with van der Waals surface area (Å²) in [6, 6.07) is 10.9. The minimum absolute atomic E-state index is 0.237. The first-order chi connectivity index (χ1) is 10.2. The second-order valence-electron chi connectivity index (χ2n) is 4.75. The lowest BCUT2D eigenvalue weighted by molar-refractivity contribution is 0.0697. The smallest absolute Gasteiger partial charge is 0.335 e. The quantitative estimate of drug-likeness (QED) is 0.799. The highest BCUT2D eigenvalue weighted by Gasteiger charge is 2.07. The van der Waals surface area contributed by atoms with Gasteiger partial charge in [0, 0.05) is 18.8 Å². The number of imidazole rings is 1. The van der Waals surface area contributed by atoms with E-state index < -0.39 is 5.97 Å². The number of fused-ring (bicyclic) bond motifs is 1. The van der Waals surface area contributed by atoms with E-state index in [0.717, 1.165) is 17.0 Å². The van der Waals surface area contributed by atoms with Crippen LogP contribution in [0.25, 0.3) is 5.65 Å². The summed E-state index contributed by atoms with van der Waals surface area (Å²) in [5.41, 5.74) is 2.84. The predicted molar refractivity (Wildman–Crippen MR) is 78.0 cm³/mol. The van der Waals surface area contributed by atoms with Crippen molar-refractivity contribution >= 4 is 11.6 Å². The number of hydrogen-bond acceptors (Lipinski definition) is 3. The number of aromatic carboxylic acids is 1. The minimum atomic E-state index is -0.949. The van der Waals surface area contributed by atoms with Gasteiger partial charge in [0.2, 0.25) is 0 Å². The molecule has 5 nitrogen and oxygen atoms in total. The molecule has 1 N–H and O–H groups in total. The highest BCUT2D eigenvalue weighted by atomic mass is 16.5. The molecule has 1 aromatic carbocycles. The molecule has 0 aliphatic heterocycles. The molecular weight excluding hydrogens is 268 g/mol. The number of carbonyl (C=O) groups is 1. The number of rotatable bonds is 4. The lowest BCUT2D eigenvalue weighted by Crippen LogP contribution is -1.97. The maximum atomic E-state index is 11.0. The molecule has 0 aliphatic carbocycles. The van der Waals surface area contributed by atoms with Gasteiger partial charge in [0.05, 0.1) is 18.4 Å². The second-order valence-corrected chi connectivity index (χ2v) is 4.75. The van der Waals surface area contributed by atoms with Crippen LogP contribution in [0.15, 0.2) is 48.8 Å². The van der Waals surface area contributed by atoms with E-state index >= 15 is 0 Å². The summed E-state index contributed by atoms with van der Waals surface area (Å²) >= 11 is 0. The molecule has 0 atom stereocenters. The molecule has 0 amide bonds. The number of methoxy groups -OCH3 is 1. The van der Waals surface area contributed by atoms with E-state index in [4.69, 9.17) is 9.84 Å². The summed E-state index contributed by atoms with van der Waals surface area (Å²) in [7, 11) is 1.64. The van der Waals surface area contributed by atoms with Crippen LogP contribution in [0.5, 0.6) is 5.75 Å². The van der Waals surface area contributed by atoms with Crippen LogP contribution in [0.4, 0.5) is 0 Å². The van der Waals surface area contributed by atoms with Crippen molar-refractivity contribution in [3.05, 3.63) is 65.6 Å². The highest BCUT2D eigenvalue weighted by molar-refractivity contribution is 5.88. The molecule has 2 heterocycles. The van der Waals surface area contributed by atoms with Gasteiger partial charge in [-0.15, -0.1) is 0 Å². The van der Waals surface area contributed by atoms with E-state index in [0.29, 0.717) is 12.1 Å². The number of carboxylic acids is 1. The van der Waals surface area contributed by atoms with Crippen LogP contribution in [-0.2, 0) is 6.42 Å².